The molecule has 2 fully saturated rings. The third-order valence-electron chi connectivity index (χ3n) is 5.04. The van der Waals surface area contributed by atoms with Gasteiger partial charge in [0.05, 0.1) is 24.5 Å². The fourth-order valence-electron chi connectivity index (χ4n) is 3.53. The molecule has 31 heavy (non-hydrogen) atoms. The van der Waals surface area contributed by atoms with E-state index in [1.807, 2.05) is 24.3 Å². The van der Waals surface area contributed by atoms with Crippen LogP contribution in [0.25, 0.3) is 6.08 Å². The highest BCUT2D eigenvalue weighted by molar-refractivity contribution is 7.80. The second kappa shape index (κ2) is 8.66. The number of morpholine rings is 1. The van der Waals surface area contributed by atoms with E-state index in [1.165, 1.54) is 24.3 Å². The first-order valence-corrected chi connectivity index (χ1v) is 10.0. The van der Waals surface area contributed by atoms with Crippen LogP contribution in [0.3, 0.4) is 0 Å². The third kappa shape index (κ3) is 4.18. The van der Waals surface area contributed by atoms with Gasteiger partial charge in [-0.15, -0.1) is 0 Å². The van der Waals surface area contributed by atoms with Crippen molar-refractivity contribution in [3.8, 4) is 0 Å². The Hall–Kier alpha value is -3.56. The lowest BCUT2D eigenvalue weighted by Gasteiger charge is -2.31. The van der Waals surface area contributed by atoms with E-state index in [1.54, 1.807) is 6.07 Å². The molecule has 0 saturated carbocycles. The second-order valence-corrected chi connectivity index (χ2v) is 7.36. The van der Waals surface area contributed by atoms with E-state index in [4.69, 9.17) is 17.0 Å². The summed E-state index contributed by atoms with van der Waals surface area (Å²) in [6.45, 7) is 2.62. The summed E-state index contributed by atoms with van der Waals surface area (Å²) in [6.07, 6.45) is 1.54. The van der Waals surface area contributed by atoms with E-state index in [0.29, 0.717) is 26.3 Å². The van der Waals surface area contributed by atoms with Crippen LogP contribution in [0.2, 0.25) is 0 Å². The van der Waals surface area contributed by atoms with Gasteiger partial charge in [-0.05, 0) is 48.1 Å². The molecular formula is C22H19N3O5S. The molecule has 0 aromatic heterocycles. The number of carbonyl (C=O) groups is 3. The van der Waals surface area contributed by atoms with Gasteiger partial charge in [0, 0.05) is 18.8 Å². The summed E-state index contributed by atoms with van der Waals surface area (Å²) >= 11 is 5.19. The van der Waals surface area contributed by atoms with Gasteiger partial charge in [-0.2, -0.15) is 0 Å². The maximum Gasteiger partial charge on any atom is 0.335 e. The number of aromatic carboxylic acids is 1. The number of para-hydroxylation sites is 1. The molecule has 0 unspecified atom stereocenters. The van der Waals surface area contributed by atoms with Crippen molar-refractivity contribution >= 4 is 52.6 Å². The smallest absolute Gasteiger partial charge is 0.335 e. The lowest BCUT2D eigenvalue weighted by molar-refractivity contribution is -0.122. The van der Waals surface area contributed by atoms with Gasteiger partial charge >= 0.3 is 5.97 Å². The van der Waals surface area contributed by atoms with Gasteiger partial charge < -0.3 is 14.7 Å². The Kier molecular flexibility index (Phi) is 5.79. The molecular weight excluding hydrogens is 418 g/mol. The molecule has 0 aliphatic carbocycles. The van der Waals surface area contributed by atoms with Crippen LogP contribution in [0, 0.1) is 0 Å². The Morgan fingerprint density at radius 3 is 2.58 bits per heavy atom. The number of carboxylic acids is 1. The molecule has 2 N–H and O–H groups in total. The number of thiocarbonyl (C=S) groups is 1. The lowest BCUT2D eigenvalue weighted by Crippen LogP contribution is -2.54. The van der Waals surface area contributed by atoms with Crippen molar-refractivity contribution in [3.63, 3.8) is 0 Å². The number of amides is 2. The van der Waals surface area contributed by atoms with Gasteiger partial charge in [0.25, 0.3) is 11.8 Å². The molecule has 2 amide bonds. The minimum atomic E-state index is -1.13. The van der Waals surface area contributed by atoms with Gasteiger partial charge in [0.2, 0.25) is 0 Å². The van der Waals surface area contributed by atoms with Gasteiger partial charge in [0.1, 0.15) is 5.57 Å². The quantitative estimate of drug-likeness (QED) is 0.429. The highest BCUT2D eigenvalue weighted by atomic mass is 32.1. The Bertz CT molecular complexity index is 1110. The molecule has 0 radical (unpaired) electrons. The first-order valence-electron chi connectivity index (χ1n) is 9.62. The predicted molar refractivity (Wildman–Crippen MR) is 119 cm³/mol. The van der Waals surface area contributed by atoms with E-state index in [2.05, 4.69) is 10.2 Å². The van der Waals surface area contributed by atoms with E-state index < -0.39 is 17.8 Å². The molecule has 8 nitrogen and oxygen atoms in total. The SMILES string of the molecule is O=C1NC(=S)N(c2cccc(C(=O)O)c2)C(=O)C1=Cc1ccccc1N1CCOCC1. The van der Waals surface area contributed by atoms with Gasteiger partial charge in [0.15, 0.2) is 5.11 Å². The Morgan fingerprint density at radius 1 is 1.10 bits per heavy atom. The topological polar surface area (TPSA) is 99.2 Å². The Balaban J connectivity index is 1.72. The monoisotopic (exact) mass is 437 g/mol. The zero-order valence-corrected chi connectivity index (χ0v) is 17.2. The summed E-state index contributed by atoms with van der Waals surface area (Å²) in [5.74, 6) is -2.35. The minimum absolute atomic E-state index is 0.00759. The summed E-state index contributed by atoms with van der Waals surface area (Å²) in [5, 5.41) is 11.7. The van der Waals surface area contributed by atoms with Crippen molar-refractivity contribution in [1.29, 1.82) is 0 Å². The maximum absolute atomic E-state index is 13.2. The van der Waals surface area contributed by atoms with Gasteiger partial charge in [-0.25, -0.2) is 4.79 Å². The number of ether oxygens (including phenoxy) is 1. The molecule has 4 rings (SSSR count). The van der Waals surface area contributed by atoms with E-state index in [-0.39, 0.29) is 21.9 Å². The molecule has 2 heterocycles. The average molecular weight is 437 g/mol. The van der Waals surface area contributed by atoms with E-state index in [0.717, 1.165) is 16.2 Å². The molecule has 2 aliphatic heterocycles. The number of rotatable bonds is 4. The zero-order valence-electron chi connectivity index (χ0n) is 16.4. The van der Waals surface area contributed by atoms with E-state index >= 15 is 0 Å². The van der Waals surface area contributed by atoms with Crippen LogP contribution >= 0.6 is 12.2 Å². The van der Waals surface area contributed by atoms with Crippen molar-refractivity contribution in [2.24, 2.45) is 0 Å². The van der Waals surface area contributed by atoms with Gasteiger partial charge in [-0.1, -0.05) is 24.3 Å². The van der Waals surface area contributed by atoms with Crippen LogP contribution in [0.1, 0.15) is 15.9 Å². The number of carboxylic acid groups (broad SMARTS) is 1. The predicted octanol–water partition coefficient (Wildman–Crippen LogP) is 2.05. The van der Waals surface area contributed by atoms with Crippen LogP contribution in [-0.2, 0) is 14.3 Å². The second-order valence-electron chi connectivity index (χ2n) is 6.97. The van der Waals surface area contributed by atoms with Crippen LogP contribution in [-0.4, -0.2) is 54.3 Å². The number of hydrogen-bond donors (Lipinski definition) is 2. The molecule has 0 spiro atoms. The lowest BCUT2D eigenvalue weighted by atomic mass is 10.0. The third-order valence-corrected chi connectivity index (χ3v) is 5.33. The Labute approximate surface area is 183 Å². The molecule has 0 bridgehead atoms. The highest BCUT2D eigenvalue weighted by Gasteiger charge is 2.35. The molecule has 0 atom stereocenters. The number of nitrogens with zero attached hydrogens (tertiary/aromatic N) is 2. The standard InChI is InChI=1S/C22H19N3O5S/c26-19-17(13-14-4-1-2-7-18(14)24-8-10-30-11-9-24)20(27)25(22(31)23-19)16-6-3-5-15(12-16)21(28)29/h1-7,12-13H,8-11H2,(H,28,29)(H,23,26,31). The molecule has 2 saturated heterocycles. The normalized spacial score (nSPS) is 18.3. The molecule has 2 aromatic carbocycles. The average Bonchev–Trinajstić information content (AvgIpc) is 2.77. The van der Waals surface area contributed by atoms with Crippen LogP contribution in [0.4, 0.5) is 11.4 Å². The number of benzene rings is 2. The number of hydrogen-bond acceptors (Lipinski definition) is 6. The maximum atomic E-state index is 13.2. The summed E-state index contributed by atoms with van der Waals surface area (Å²) in [7, 11) is 0. The highest BCUT2D eigenvalue weighted by Crippen LogP contribution is 2.27. The first-order chi connectivity index (χ1) is 15.0. The minimum Gasteiger partial charge on any atom is -0.478 e. The van der Waals surface area contributed by atoms with Crippen LogP contribution < -0.4 is 15.1 Å². The largest absolute Gasteiger partial charge is 0.478 e. The molecule has 158 valence electrons. The summed E-state index contributed by atoms with van der Waals surface area (Å²) in [4.78, 5) is 40.4. The number of carbonyl (C=O) groups excluding carboxylic acids is 2. The summed E-state index contributed by atoms with van der Waals surface area (Å²) < 4.78 is 5.41. The fraction of sp³-hybridized carbons (Fsp3) is 0.182. The molecule has 2 aliphatic rings. The first kappa shape index (κ1) is 20.7. The zero-order chi connectivity index (χ0) is 22.0. The fourth-order valence-corrected chi connectivity index (χ4v) is 3.81. The number of nitrogens with one attached hydrogen (secondary N) is 1. The van der Waals surface area contributed by atoms with Crippen molar-refractivity contribution in [3.05, 3.63) is 65.2 Å². The van der Waals surface area contributed by atoms with Crippen LogP contribution in [0.5, 0.6) is 0 Å². The number of anilines is 2. The van der Waals surface area contributed by atoms with Crippen molar-refractivity contribution < 1.29 is 24.2 Å². The van der Waals surface area contributed by atoms with Gasteiger partial charge in [-0.3, -0.25) is 19.8 Å². The Morgan fingerprint density at radius 2 is 1.84 bits per heavy atom. The molecule has 9 heteroatoms. The van der Waals surface area contributed by atoms with E-state index in [9.17, 15) is 19.5 Å². The molecule has 2 aromatic rings. The van der Waals surface area contributed by atoms with Crippen molar-refractivity contribution in [2.75, 3.05) is 36.1 Å². The van der Waals surface area contributed by atoms with Crippen LogP contribution in [0.15, 0.2) is 54.1 Å². The summed E-state index contributed by atoms with van der Waals surface area (Å²) in [6, 6.07) is 13.3. The van der Waals surface area contributed by atoms with Crippen molar-refractivity contribution in [1.82, 2.24) is 5.32 Å². The van der Waals surface area contributed by atoms with Crippen molar-refractivity contribution in [2.45, 2.75) is 0 Å². The summed E-state index contributed by atoms with van der Waals surface area (Å²) in [5.41, 5.74) is 1.80.